The topological polar surface area (TPSA) is 47.0 Å². The first kappa shape index (κ1) is 33.3. The second-order valence-corrected chi connectivity index (χ2v) is 13.7. The molecule has 7 rings (SSSR count). The summed E-state index contributed by atoms with van der Waals surface area (Å²) in [6.45, 7) is 3.63. The molecule has 1 aliphatic heterocycles. The highest BCUT2D eigenvalue weighted by atomic mass is 32.2. The Hall–Kier alpha value is -5.17. The number of ether oxygens (including phenoxy) is 1. The zero-order valence-electron chi connectivity index (χ0n) is 28.3. The van der Waals surface area contributed by atoms with Crippen LogP contribution < -0.4 is 4.74 Å². The number of benzene rings is 5. The molecule has 1 fully saturated rings. The molecule has 0 N–H and O–H groups in total. The van der Waals surface area contributed by atoms with Crippen LogP contribution in [0.25, 0.3) is 11.1 Å². The monoisotopic (exact) mass is 675 g/mol. The summed E-state index contributed by atoms with van der Waals surface area (Å²) in [5.74, 6) is 1.77. The van der Waals surface area contributed by atoms with Gasteiger partial charge in [0.05, 0.1) is 11.2 Å². The fraction of sp³-hybridized carbons (Fsp3) is 0.182. The van der Waals surface area contributed by atoms with Crippen LogP contribution in [0.1, 0.15) is 34.9 Å². The lowest BCUT2D eigenvalue weighted by Crippen LogP contribution is -2.47. The summed E-state index contributed by atoms with van der Waals surface area (Å²) in [5, 5.41) is 4.72. The van der Waals surface area contributed by atoms with Crippen molar-refractivity contribution < 1.29 is 9.57 Å². The fourth-order valence-electron chi connectivity index (χ4n) is 6.77. The van der Waals surface area contributed by atoms with Gasteiger partial charge in [-0.1, -0.05) is 145 Å². The van der Waals surface area contributed by atoms with Gasteiger partial charge in [0.15, 0.2) is 6.61 Å². The Labute approximate surface area is 299 Å². The number of aromatic nitrogens is 1. The summed E-state index contributed by atoms with van der Waals surface area (Å²) in [6.07, 6.45) is 2.86. The minimum absolute atomic E-state index is 0.349. The molecule has 5 nitrogen and oxygen atoms in total. The quantitative estimate of drug-likeness (QED) is 0.0528. The molecule has 0 spiro atoms. The van der Waals surface area contributed by atoms with Crippen LogP contribution in [0.15, 0.2) is 169 Å². The van der Waals surface area contributed by atoms with E-state index >= 15 is 0 Å². The van der Waals surface area contributed by atoms with Gasteiger partial charge in [0, 0.05) is 29.4 Å². The van der Waals surface area contributed by atoms with Gasteiger partial charge in [-0.3, -0.25) is 9.88 Å². The van der Waals surface area contributed by atoms with Crippen LogP contribution in [0.4, 0.5) is 0 Å². The molecule has 1 aromatic heterocycles. The van der Waals surface area contributed by atoms with E-state index in [1.807, 2.05) is 49.1 Å². The zero-order valence-corrected chi connectivity index (χ0v) is 29.1. The molecule has 6 aromatic rings. The number of hydrogen-bond acceptors (Lipinski definition) is 6. The SMILES string of the molecule is CC(=NOCCOc1ccc(CC2CN(C(c3ccccc3)(c3ccccc3)c3ccccc3)CS2)cc1)c1ccc(-c2ccccc2)cn1. The average molecular weight is 676 g/mol. The minimum Gasteiger partial charge on any atom is -0.490 e. The third-order valence-electron chi connectivity index (χ3n) is 9.21. The maximum Gasteiger partial charge on any atom is 0.151 e. The van der Waals surface area contributed by atoms with Gasteiger partial charge in [0.2, 0.25) is 0 Å². The van der Waals surface area contributed by atoms with Crippen LogP contribution in [0, 0.1) is 0 Å². The van der Waals surface area contributed by atoms with Gasteiger partial charge in [-0.25, -0.2) is 0 Å². The smallest absolute Gasteiger partial charge is 0.151 e. The van der Waals surface area contributed by atoms with Gasteiger partial charge < -0.3 is 9.57 Å². The molecule has 0 amide bonds. The lowest BCUT2D eigenvalue weighted by Gasteiger charge is -2.43. The summed E-state index contributed by atoms with van der Waals surface area (Å²) < 4.78 is 5.97. The molecule has 0 bridgehead atoms. The number of nitrogens with zero attached hydrogens (tertiary/aromatic N) is 3. The van der Waals surface area contributed by atoms with Crippen LogP contribution in [-0.4, -0.2) is 46.5 Å². The Balaban J connectivity index is 0.947. The van der Waals surface area contributed by atoms with E-state index in [1.54, 1.807) is 0 Å². The summed E-state index contributed by atoms with van der Waals surface area (Å²) in [4.78, 5) is 12.8. The summed E-state index contributed by atoms with van der Waals surface area (Å²) in [6, 6.07) is 55.6. The standard InChI is InChI=1S/C44H41N3O2S/c1-34(43-27-24-37(31-45-43)36-14-6-2-7-15-36)46-49-29-28-48-41-25-22-35(23-26-41)30-42-32-47(33-50-42)44(38-16-8-3-9-17-38,39-18-10-4-11-19-39)40-20-12-5-13-21-40/h2-27,31,42H,28-30,32-33H2,1H3. The van der Waals surface area contributed by atoms with E-state index in [1.165, 1.54) is 22.3 Å². The largest absolute Gasteiger partial charge is 0.490 e. The molecule has 250 valence electrons. The van der Waals surface area contributed by atoms with E-state index in [9.17, 15) is 0 Å². The van der Waals surface area contributed by atoms with Crippen molar-refractivity contribution in [2.45, 2.75) is 24.1 Å². The van der Waals surface area contributed by atoms with Crippen molar-refractivity contribution in [3.8, 4) is 16.9 Å². The van der Waals surface area contributed by atoms with Crippen molar-refractivity contribution in [2.75, 3.05) is 25.6 Å². The molecule has 6 heteroatoms. The van der Waals surface area contributed by atoms with Gasteiger partial charge in [0.1, 0.15) is 18.1 Å². The highest BCUT2D eigenvalue weighted by Crippen LogP contribution is 2.46. The third-order valence-corrected chi connectivity index (χ3v) is 10.5. The first-order chi connectivity index (χ1) is 24.7. The predicted molar refractivity (Wildman–Crippen MR) is 206 cm³/mol. The molecule has 1 atom stereocenters. The average Bonchev–Trinajstić information content (AvgIpc) is 3.65. The molecular formula is C44H41N3O2S. The van der Waals surface area contributed by atoms with Gasteiger partial charge in [0.25, 0.3) is 0 Å². The first-order valence-corrected chi connectivity index (χ1v) is 18.2. The first-order valence-electron chi connectivity index (χ1n) is 17.1. The van der Waals surface area contributed by atoms with Crippen LogP contribution in [0.3, 0.4) is 0 Å². The van der Waals surface area contributed by atoms with Gasteiger partial charge in [-0.05, 0) is 59.4 Å². The van der Waals surface area contributed by atoms with Crippen molar-refractivity contribution in [3.05, 3.63) is 192 Å². The minimum atomic E-state index is -0.378. The Bertz CT molecular complexity index is 1860. The molecule has 1 aliphatic rings. The van der Waals surface area contributed by atoms with Crippen LogP contribution in [0.5, 0.6) is 5.75 Å². The summed E-state index contributed by atoms with van der Waals surface area (Å²) >= 11 is 2.04. The highest BCUT2D eigenvalue weighted by molar-refractivity contribution is 8.00. The molecule has 1 unspecified atom stereocenters. The van der Waals surface area contributed by atoms with E-state index in [-0.39, 0.29) is 5.54 Å². The normalized spacial score (nSPS) is 15.1. The number of pyridine rings is 1. The second kappa shape index (κ2) is 16.0. The molecule has 0 radical (unpaired) electrons. The molecule has 50 heavy (non-hydrogen) atoms. The molecule has 2 heterocycles. The lowest BCUT2D eigenvalue weighted by atomic mass is 9.75. The van der Waals surface area contributed by atoms with Crippen molar-refractivity contribution in [1.29, 1.82) is 0 Å². The summed E-state index contributed by atoms with van der Waals surface area (Å²) in [7, 11) is 0. The fourth-order valence-corrected chi connectivity index (χ4v) is 8.06. The van der Waals surface area contributed by atoms with Gasteiger partial charge >= 0.3 is 0 Å². The molecule has 1 saturated heterocycles. The number of thioether (sulfide) groups is 1. The van der Waals surface area contributed by atoms with Crippen molar-refractivity contribution in [3.63, 3.8) is 0 Å². The maximum absolute atomic E-state index is 5.97. The molecule has 0 saturated carbocycles. The predicted octanol–water partition coefficient (Wildman–Crippen LogP) is 9.48. The number of hydrogen-bond donors (Lipinski definition) is 0. The second-order valence-electron chi connectivity index (χ2n) is 12.5. The Morgan fingerprint density at radius 1 is 0.700 bits per heavy atom. The molecular weight excluding hydrogens is 635 g/mol. The maximum atomic E-state index is 5.97. The van der Waals surface area contributed by atoms with Crippen LogP contribution in [0.2, 0.25) is 0 Å². The van der Waals surface area contributed by atoms with E-state index < -0.39 is 0 Å². The van der Waals surface area contributed by atoms with Crippen LogP contribution in [-0.2, 0) is 16.8 Å². The zero-order chi connectivity index (χ0) is 34.0. The van der Waals surface area contributed by atoms with Gasteiger partial charge in [-0.2, -0.15) is 0 Å². The van der Waals surface area contributed by atoms with E-state index in [0.29, 0.717) is 18.5 Å². The Morgan fingerprint density at radius 2 is 1.28 bits per heavy atom. The van der Waals surface area contributed by atoms with Crippen LogP contribution >= 0.6 is 11.8 Å². The van der Waals surface area contributed by atoms with E-state index in [0.717, 1.165) is 47.1 Å². The Kier molecular flexibility index (Phi) is 10.7. The number of oxime groups is 1. The van der Waals surface area contributed by atoms with E-state index in [2.05, 4.69) is 148 Å². The van der Waals surface area contributed by atoms with Gasteiger partial charge in [-0.15, -0.1) is 11.8 Å². The van der Waals surface area contributed by atoms with Crippen molar-refractivity contribution in [1.82, 2.24) is 9.88 Å². The lowest BCUT2D eigenvalue weighted by molar-refractivity contribution is 0.107. The van der Waals surface area contributed by atoms with Crippen molar-refractivity contribution >= 4 is 17.5 Å². The van der Waals surface area contributed by atoms with Crippen molar-refractivity contribution in [2.24, 2.45) is 5.16 Å². The van der Waals surface area contributed by atoms with E-state index in [4.69, 9.17) is 9.57 Å². The number of rotatable bonds is 13. The molecule has 5 aromatic carbocycles. The summed E-state index contributed by atoms with van der Waals surface area (Å²) in [5.41, 5.74) is 8.53. The third kappa shape index (κ3) is 7.52. The highest BCUT2D eigenvalue weighted by Gasteiger charge is 2.45. The Morgan fingerprint density at radius 3 is 1.84 bits per heavy atom. The molecule has 0 aliphatic carbocycles.